The molecule has 0 radical (unpaired) electrons. The fourth-order valence-electron chi connectivity index (χ4n) is 3.45. The summed E-state index contributed by atoms with van der Waals surface area (Å²) in [5.41, 5.74) is 2.38. The first-order valence-corrected chi connectivity index (χ1v) is 11.4. The predicted octanol–water partition coefficient (Wildman–Crippen LogP) is 6.78. The van der Waals surface area contributed by atoms with Crippen molar-refractivity contribution in [3.05, 3.63) is 41.0 Å². The number of thiophene rings is 1. The summed E-state index contributed by atoms with van der Waals surface area (Å²) in [6.45, 7) is 6.10. The topological polar surface area (TPSA) is 31.4 Å². The van der Waals surface area contributed by atoms with E-state index in [1.54, 1.807) is 11.3 Å². The zero-order valence-electron chi connectivity index (χ0n) is 16.8. The highest BCUT2D eigenvalue weighted by Crippen LogP contribution is 2.35. The molecule has 0 bridgehead atoms. The maximum absolute atomic E-state index is 5.98. The smallest absolute Gasteiger partial charge is 0.193 e. The molecule has 2 aromatic rings. The van der Waals surface area contributed by atoms with E-state index < -0.39 is 0 Å². The monoisotopic (exact) mass is 387 g/mol. The van der Waals surface area contributed by atoms with E-state index in [0.29, 0.717) is 5.92 Å². The van der Waals surface area contributed by atoms with Gasteiger partial charge >= 0.3 is 0 Å². The largest absolute Gasteiger partial charge is 0.347 e. The number of nitrogens with zero attached hydrogens (tertiary/aromatic N) is 1. The van der Waals surface area contributed by atoms with Gasteiger partial charge in [-0.2, -0.15) is 0 Å². The van der Waals surface area contributed by atoms with Gasteiger partial charge < -0.3 is 9.47 Å². The summed E-state index contributed by atoms with van der Waals surface area (Å²) >= 11 is 1.75. The Labute approximate surface area is 168 Å². The third-order valence-electron chi connectivity index (χ3n) is 5.19. The molecule has 3 rings (SSSR count). The summed E-state index contributed by atoms with van der Waals surface area (Å²) in [5.74, 6) is 0.551. The first kappa shape index (κ1) is 20.5. The Hall–Kier alpha value is -1.23. The number of ether oxygens (including phenoxy) is 2. The van der Waals surface area contributed by atoms with Gasteiger partial charge in [0.2, 0.25) is 0 Å². The predicted molar refractivity (Wildman–Crippen MR) is 113 cm³/mol. The van der Waals surface area contributed by atoms with Crippen LogP contribution in [0.1, 0.15) is 75.7 Å². The van der Waals surface area contributed by atoms with Crippen LogP contribution in [-0.4, -0.2) is 18.2 Å². The van der Waals surface area contributed by atoms with Gasteiger partial charge in [0.25, 0.3) is 0 Å². The van der Waals surface area contributed by atoms with E-state index in [1.807, 2.05) is 6.20 Å². The molecule has 1 saturated heterocycles. The molecular weight excluding hydrogens is 354 g/mol. The maximum atomic E-state index is 5.98. The maximum Gasteiger partial charge on any atom is 0.193 e. The quantitative estimate of drug-likeness (QED) is 0.421. The molecule has 3 heterocycles. The van der Waals surface area contributed by atoms with Crippen molar-refractivity contribution in [3.63, 3.8) is 0 Å². The van der Waals surface area contributed by atoms with Crippen LogP contribution in [0.2, 0.25) is 0 Å². The zero-order chi connectivity index (χ0) is 18.9. The van der Waals surface area contributed by atoms with Crippen LogP contribution in [0, 0.1) is 5.92 Å². The van der Waals surface area contributed by atoms with E-state index in [2.05, 4.69) is 43.1 Å². The van der Waals surface area contributed by atoms with Gasteiger partial charge in [-0.05, 0) is 37.5 Å². The van der Waals surface area contributed by atoms with E-state index >= 15 is 0 Å². The van der Waals surface area contributed by atoms with Crippen LogP contribution in [0.3, 0.4) is 0 Å². The summed E-state index contributed by atoms with van der Waals surface area (Å²) in [4.78, 5) is 7.04. The Bertz CT molecular complexity index is 659. The molecule has 0 unspecified atom stereocenters. The number of unbranched alkanes of at least 4 members (excludes halogenated alkanes) is 4. The lowest BCUT2D eigenvalue weighted by Crippen LogP contribution is -2.26. The minimum atomic E-state index is -0.201. The Balaban J connectivity index is 1.52. The number of aryl methyl sites for hydroxylation is 1. The molecule has 2 aromatic heterocycles. The fourth-order valence-corrected chi connectivity index (χ4v) is 4.45. The second-order valence-corrected chi connectivity index (χ2v) is 8.67. The Morgan fingerprint density at radius 2 is 1.78 bits per heavy atom. The van der Waals surface area contributed by atoms with Crippen LogP contribution >= 0.6 is 11.3 Å². The number of aromatic nitrogens is 1. The van der Waals surface area contributed by atoms with Gasteiger partial charge in [0.15, 0.2) is 6.29 Å². The summed E-state index contributed by atoms with van der Waals surface area (Å²) in [5, 5.41) is 0. The van der Waals surface area contributed by atoms with Crippen LogP contribution < -0.4 is 0 Å². The van der Waals surface area contributed by atoms with E-state index in [0.717, 1.165) is 24.5 Å². The molecule has 0 aromatic carbocycles. The Kier molecular flexibility index (Phi) is 8.31. The van der Waals surface area contributed by atoms with E-state index in [4.69, 9.17) is 9.47 Å². The van der Waals surface area contributed by atoms with Crippen LogP contribution in [0.4, 0.5) is 0 Å². The standard InChI is InChI=1S/C23H33NO2S/c1-3-5-7-8-10-20-12-11-19(15-24-20)21-13-14-22(27-21)23-25-16-18(17-26-23)9-6-4-2/h11-15,18,23H,3-10,16-17H2,1-2H3/t18-,23-. The van der Waals surface area contributed by atoms with Gasteiger partial charge in [-0.3, -0.25) is 4.98 Å². The van der Waals surface area contributed by atoms with Crippen LogP contribution in [0.15, 0.2) is 30.5 Å². The number of rotatable bonds is 10. The normalized spacial score (nSPS) is 20.1. The summed E-state index contributed by atoms with van der Waals surface area (Å²) in [7, 11) is 0. The minimum Gasteiger partial charge on any atom is -0.347 e. The Morgan fingerprint density at radius 3 is 2.48 bits per heavy atom. The molecule has 0 N–H and O–H groups in total. The van der Waals surface area contributed by atoms with E-state index in [9.17, 15) is 0 Å². The summed E-state index contributed by atoms with van der Waals surface area (Å²) < 4.78 is 12.0. The van der Waals surface area contributed by atoms with Gasteiger partial charge in [0.1, 0.15) is 0 Å². The lowest BCUT2D eigenvalue weighted by atomic mass is 10.0. The molecule has 1 fully saturated rings. The van der Waals surface area contributed by atoms with Crippen LogP contribution in [-0.2, 0) is 15.9 Å². The van der Waals surface area contributed by atoms with E-state index in [-0.39, 0.29) is 6.29 Å². The lowest BCUT2D eigenvalue weighted by molar-refractivity contribution is -0.204. The van der Waals surface area contributed by atoms with E-state index in [1.165, 1.54) is 61.1 Å². The number of pyridine rings is 1. The molecule has 4 heteroatoms. The molecule has 0 saturated carbocycles. The van der Waals surface area contributed by atoms with Crippen molar-refractivity contribution in [3.8, 4) is 10.4 Å². The molecule has 148 valence electrons. The first-order valence-electron chi connectivity index (χ1n) is 10.6. The fraction of sp³-hybridized carbons (Fsp3) is 0.609. The Morgan fingerprint density at radius 1 is 0.963 bits per heavy atom. The molecular formula is C23H33NO2S. The van der Waals surface area contributed by atoms with Crippen molar-refractivity contribution < 1.29 is 9.47 Å². The van der Waals surface area contributed by atoms with Gasteiger partial charge in [-0.25, -0.2) is 0 Å². The lowest BCUT2D eigenvalue weighted by Gasteiger charge is -2.28. The minimum absolute atomic E-state index is 0.201. The molecule has 3 nitrogen and oxygen atoms in total. The molecule has 0 spiro atoms. The van der Waals surface area contributed by atoms with Crippen molar-refractivity contribution in [1.29, 1.82) is 0 Å². The second kappa shape index (κ2) is 10.9. The highest BCUT2D eigenvalue weighted by atomic mass is 32.1. The average Bonchev–Trinajstić information content (AvgIpc) is 3.21. The van der Waals surface area contributed by atoms with Gasteiger partial charge in [0, 0.05) is 28.2 Å². The number of hydrogen-bond acceptors (Lipinski definition) is 4. The highest BCUT2D eigenvalue weighted by molar-refractivity contribution is 7.15. The third-order valence-corrected chi connectivity index (χ3v) is 6.34. The molecule has 0 aliphatic carbocycles. The average molecular weight is 388 g/mol. The van der Waals surface area contributed by atoms with Gasteiger partial charge in [-0.1, -0.05) is 52.0 Å². The highest BCUT2D eigenvalue weighted by Gasteiger charge is 2.24. The van der Waals surface area contributed by atoms with Crippen LogP contribution in [0.5, 0.6) is 0 Å². The molecule has 0 amide bonds. The van der Waals surface area contributed by atoms with Crippen molar-refractivity contribution in [1.82, 2.24) is 4.98 Å². The third kappa shape index (κ3) is 6.13. The summed E-state index contributed by atoms with van der Waals surface area (Å²) in [6.07, 6.45) is 11.7. The van der Waals surface area contributed by atoms with Crippen molar-refractivity contribution in [2.45, 2.75) is 71.5 Å². The van der Waals surface area contributed by atoms with Gasteiger partial charge in [0.05, 0.1) is 18.1 Å². The molecule has 27 heavy (non-hydrogen) atoms. The van der Waals surface area contributed by atoms with Crippen molar-refractivity contribution in [2.75, 3.05) is 13.2 Å². The molecule has 0 atom stereocenters. The van der Waals surface area contributed by atoms with Crippen molar-refractivity contribution in [2.24, 2.45) is 5.92 Å². The zero-order valence-corrected chi connectivity index (χ0v) is 17.6. The van der Waals surface area contributed by atoms with Gasteiger partial charge in [-0.15, -0.1) is 11.3 Å². The number of hydrogen-bond donors (Lipinski definition) is 0. The first-order chi connectivity index (χ1) is 13.3. The second-order valence-electron chi connectivity index (χ2n) is 7.56. The molecule has 1 aliphatic rings. The van der Waals surface area contributed by atoms with Crippen molar-refractivity contribution >= 4 is 11.3 Å². The SMILES string of the molecule is CCCCCCc1ccc(-c2ccc([C@H]3OC[C@H](CCCC)CO3)s2)cn1. The summed E-state index contributed by atoms with van der Waals surface area (Å²) in [6, 6.07) is 8.66. The van der Waals surface area contributed by atoms with Crippen LogP contribution in [0.25, 0.3) is 10.4 Å². The molecule has 1 aliphatic heterocycles.